The molecule has 0 bridgehead atoms. The van der Waals surface area contributed by atoms with Crippen LogP contribution in [0.4, 0.5) is 0 Å². The number of H-pyrrole nitrogens is 1. The molecule has 4 rings (SSSR count). The van der Waals surface area contributed by atoms with Crippen LogP contribution in [0.3, 0.4) is 0 Å². The van der Waals surface area contributed by atoms with E-state index >= 15 is 0 Å². The summed E-state index contributed by atoms with van der Waals surface area (Å²) in [6.45, 7) is 1.27. The molecule has 2 N–H and O–H groups in total. The lowest BCUT2D eigenvalue weighted by Crippen LogP contribution is -2.35. The minimum Gasteiger partial charge on any atom is -0.373 e. The Kier molecular flexibility index (Phi) is 5.20. The highest BCUT2D eigenvalue weighted by Crippen LogP contribution is 2.32. The maximum Gasteiger partial charge on any atom is 0.254 e. The number of hydrogen-bond donors (Lipinski definition) is 2. The molecule has 0 spiro atoms. The Labute approximate surface area is 157 Å². The number of aromatic amines is 1. The second-order valence-corrected chi connectivity index (χ2v) is 6.60. The lowest BCUT2D eigenvalue weighted by molar-refractivity contribution is -0.0272. The van der Waals surface area contributed by atoms with Crippen molar-refractivity contribution in [2.75, 3.05) is 13.2 Å². The first kappa shape index (κ1) is 17.4. The predicted octanol–water partition coefficient (Wildman–Crippen LogP) is 2.76. The molecular weight excluding hydrogens is 342 g/mol. The number of nitrogens with zero attached hydrogens (tertiary/aromatic N) is 3. The van der Waals surface area contributed by atoms with Crippen LogP contribution in [0.25, 0.3) is 11.4 Å². The molecule has 7 nitrogen and oxygen atoms in total. The molecule has 2 aromatic heterocycles. The highest BCUT2D eigenvalue weighted by molar-refractivity contribution is 5.93. The number of rotatable bonds is 5. The van der Waals surface area contributed by atoms with Crippen molar-refractivity contribution in [1.29, 1.82) is 0 Å². The van der Waals surface area contributed by atoms with Gasteiger partial charge in [0.25, 0.3) is 5.91 Å². The van der Waals surface area contributed by atoms with E-state index in [4.69, 9.17) is 4.74 Å². The molecule has 0 aliphatic carbocycles. The summed E-state index contributed by atoms with van der Waals surface area (Å²) in [6, 6.07) is 9.68. The normalized spacial score (nSPS) is 19.6. The molecule has 1 amide bonds. The van der Waals surface area contributed by atoms with Crippen molar-refractivity contribution in [3.8, 4) is 11.4 Å². The first-order valence-corrected chi connectivity index (χ1v) is 9.07. The van der Waals surface area contributed by atoms with E-state index in [2.05, 4.69) is 25.5 Å². The molecule has 0 unspecified atom stereocenters. The summed E-state index contributed by atoms with van der Waals surface area (Å²) in [4.78, 5) is 21.1. The molecule has 3 heterocycles. The number of hydrogen-bond acceptors (Lipinski definition) is 5. The van der Waals surface area contributed by atoms with Crippen LogP contribution < -0.4 is 5.32 Å². The first-order valence-electron chi connectivity index (χ1n) is 9.07. The third kappa shape index (κ3) is 4.03. The fraction of sp³-hybridized carbons (Fsp3) is 0.300. The van der Waals surface area contributed by atoms with Gasteiger partial charge in [-0.15, -0.1) is 0 Å². The minimum absolute atomic E-state index is 0.0468. The minimum atomic E-state index is -0.175. The zero-order chi connectivity index (χ0) is 18.5. The molecule has 3 aromatic rings. The van der Waals surface area contributed by atoms with Gasteiger partial charge in [-0.25, -0.2) is 9.97 Å². The summed E-state index contributed by atoms with van der Waals surface area (Å²) in [6.07, 6.45) is 8.70. The average Bonchev–Trinajstić information content (AvgIpc) is 3.28. The smallest absolute Gasteiger partial charge is 0.254 e. The van der Waals surface area contributed by atoms with Gasteiger partial charge in [0.15, 0.2) is 5.82 Å². The highest BCUT2D eigenvalue weighted by Gasteiger charge is 2.28. The number of ether oxygens (including phenoxy) is 1. The van der Waals surface area contributed by atoms with Gasteiger partial charge in [0, 0.05) is 48.8 Å². The fourth-order valence-electron chi connectivity index (χ4n) is 3.34. The van der Waals surface area contributed by atoms with Crippen LogP contribution in [-0.4, -0.2) is 39.2 Å². The maximum absolute atomic E-state index is 12.5. The number of benzene rings is 1. The molecule has 138 valence electrons. The van der Waals surface area contributed by atoms with Gasteiger partial charge in [-0.2, -0.15) is 5.10 Å². The summed E-state index contributed by atoms with van der Waals surface area (Å²) in [5.74, 6) is 0.642. The quantitative estimate of drug-likeness (QED) is 0.727. The zero-order valence-electron chi connectivity index (χ0n) is 14.8. The Morgan fingerprint density at radius 2 is 2.00 bits per heavy atom. The Balaban J connectivity index is 1.38. The van der Waals surface area contributed by atoms with Crippen LogP contribution >= 0.6 is 0 Å². The van der Waals surface area contributed by atoms with Gasteiger partial charge in [-0.3, -0.25) is 9.89 Å². The van der Waals surface area contributed by atoms with E-state index in [0.29, 0.717) is 17.9 Å². The molecule has 1 fully saturated rings. The van der Waals surface area contributed by atoms with Crippen LogP contribution in [0.15, 0.2) is 55.1 Å². The van der Waals surface area contributed by atoms with Crippen molar-refractivity contribution in [1.82, 2.24) is 25.5 Å². The van der Waals surface area contributed by atoms with E-state index in [1.54, 1.807) is 18.6 Å². The number of carbonyl (C=O) groups excluding carboxylic acids is 1. The fourth-order valence-corrected chi connectivity index (χ4v) is 3.34. The van der Waals surface area contributed by atoms with Gasteiger partial charge < -0.3 is 10.1 Å². The number of nitrogens with one attached hydrogen (secondary N) is 2. The second kappa shape index (κ2) is 8.09. The van der Waals surface area contributed by atoms with Gasteiger partial charge >= 0.3 is 0 Å². The molecule has 27 heavy (non-hydrogen) atoms. The summed E-state index contributed by atoms with van der Waals surface area (Å²) in [7, 11) is 0. The van der Waals surface area contributed by atoms with Crippen LogP contribution in [-0.2, 0) is 4.74 Å². The third-order valence-corrected chi connectivity index (χ3v) is 4.76. The Morgan fingerprint density at radius 1 is 1.19 bits per heavy atom. The number of carbonyl (C=O) groups is 1. The SMILES string of the molecule is O=C(NC[C@@H]1CCCO[C@H]1c1cn[nH]c1)c1cnc(-c2ccccc2)nc1. The summed E-state index contributed by atoms with van der Waals surface area (Å²) in [5, 5.41) is 9.81. The van der Waals surface area contributed by atoms with Crippen LogP contribution in [0, 0.1) is 5.92 Å². The van der Waals surface area contributed by atoms with Crippen molar-refractivity contribution in [3.63, 3.8) is 0 Å². The van der Waals surface area contributed by atoms with Crippen LogP contribution in [0.2, 0.25) is 0 Å². The van der Waals surface area contributed by atoms with Crippen molar-refractivity contribution >= 4 is 5.91 Å². The predicted molar refractivity (Wildman–Crippen MR) is 99.8 cm³/mol. The van der Waals surface area contributed by atoms with Crippen molar-refractivity contribution in [3.05, 3.63) is 66.2 Å². The standard InChI is InChI=1S/C20H21N5O2/c26-20(17-10-21-19(22-11-17)14-5-2-1-3-6-14)23-9-15-7-4-8-27-18(15)16-12-24-25-13-16/h1-3,5-6,10-13,15,18H,4,7-9H2,(H,23,26)(H,24,25)/t15-,18+/m0/s1. The molecule has 7 heteroatoms. The Hall–Kier alpha value is -3.06. The molecule has 1 aromatic carbocycles. The van der Waals surface area contributed by atoms with E-state index in [0.717, 1.165) is 30.6 Å². The zero-order valence-corrected chi connectivity index (χ0v) is 14.8. The Morgan fingerprint density at radius 3 is 2.74 bits per heavy atom. The van der Waals surface area contributed by atoms with E-state index in [1.165, 1.54) is 0 Å². The van der Waals surface area contributed by atoms with Gasteiger partial charge in [-0.05, 0) is 12.8 Å². The topological polar surface area (TPSA) is 92.8 Å². The van der Waals surface area contributed by atoms with E-state index in [-0.39, 0.29) is 17.9 Å². The van der Waals surface area contributed by atoms with Gasteiger partial charge in [0.1, 0.15) is 0 Å². The number of aromatic nitrogens is 4. The number of amides is 1. The average molecular weight is 363 g/mol. The van der Waals surface area contributed by atoms with Gasteiger partial charge in [0.2, 0.25) is 0 Å². The highest BCUT2D eigenvalue weighted by atomic mass is 16.5. The molecular formula is C20H21N5O2. The molecule has 0 radical (unpaired) electrons. The Bertz CT molecular complexity index is 865. The van der Waals surface area contributed by atoms with Crippen molar-refractivity contribution in [2.45, 2.75) is 18.9 Å². The second-order valence-electron chi connectivity index (χ2n) is 6.60. The molecule has 2 atom stereocenters. The first-order chi connectivity index (χ1) is 13.3. The van der Waals surface area contributed by atoms with Crippen molar-refractivity contribution in [2.24, 2.45) is 5.92 Å². The molecule has 1 aliphatic rings. The lowest BCUT2D eigenvalue weighted by atomic mass is 9.91. The largest absolute Gasteiger partial charge is 0.373 e. The monoisotopic (exact) mass is 363 g/mol. The summed E-state index contributed by atoms with van der Waals surface area (Å²) < 4.78 is 5.90. The van der Waals surface area contributed by atoms with E-state index in [1.807, 2.05) is 36.5 Å². The van der Waals surface area contributed by atoms with Crippen molar-refractivity contribution < 1.29 is 9.53 Å². The van der Waals surface area contributed by atoms with E-state index < -0.39 is 0 Å². The molecule has 1 aliphatic heterocycles. The maximum atomic E-state index is 12.5. The third-order valence-electron chi connectivity index (χ3n) is 4.76. The summed E-state index contributed by atoms with van der Waals surface area (Å²) in [5.41, 5.74) is 2.39. The van der Waals surface area contributed by atoms with Crippen LogP contribution in [0.5, 0.6) is 0 Å². The van der Waals surface area contributed by atoms with E-state index in [9.17, 15) is 4.79 Å². The van der Waals surface area contributed by atoms with Gasteiger partial charge in [0.05, 0.1) is 17.9 Å². The summed E-state index contributed by atoms with van der Waals surface area (Å²) >= 11 is 0. The molecule has 0 saturated carbocycles. The van der Waals surface area contributed by atoms with Gasteiger partial charge in [-0.1, -0.05) is 30.3 Å². The van der Waals surface area contributed by atoms with Crippen LogP contribution in [0.1, 0.15) is 34.9 Å². The lowest BCUT2D eigenvalue weighted by Gasteiger charge is -2.31. The molecule has 1 saturated heterocycles.